The van der Waals surface area contributed by atoms with Crippen molar-refractivity contribution in [1.82, 2.24) is 5.16 Å². The van der Waals surface area contributed by atoms with E-state index in [1.165, 1.54) is 0 Å². The average Bonchev–Trinajstić information content (AvgIpc) is 3.48. The first-order chi connectivity index (χ1) is 16.1. The van der Waals surface area contributed by atoms with Gasteiger partial charge in [0.1, 0.15) is 17.5 Å². The second kappa shape index (κ2) is 8.01. The molecule has 1 N–H and O–H groups in total. The number of ether oxygens (including phenoxy) is 1. The zero-order chi connectivity index (χ0) is 24.2. The summed E-state index contributed by atoms with van der Waals surface area (Å²) in [6.07, 6.45) is 1.35. The van der Waals surface area contributed by atoms with Gasteiger partial charge in [-0.2, -0.15) is 0 Å². The van der Waals surface area contributed by atoms with Crippen molar-refractivity contribution in [3.8, 4) is 11.1 Å². The molecule has 0 saturated heterocycles. The summed E-state index contributed by atoms with van der Waals surface area (Å²) in [5, 5.41) is 7.59. The summed E-state index contributed by atoms with van der Waals surface area (Å²) in [5.74, 6) is 0.852. The largest absolute Gasteiger partial charge is 0.443 e. The van der Waals surface area contributed by atoms with Crippen LogP contribution in [0, 0.1) is 19.8 Å². The molecule has 3 aromatic rings. The number of benzene rings is 2. The third kappa shape index (κ3) is 3.95. The van der Waals surface area contributed by atoms with Gasteiger partial charge in [0, 0.05) is 16.7 Å². The van der Waals surface area contributed by atoms with Gasteiger partial charge in [-0.05, 0) is 71.1 Å². The molecule has 0 spiro atoms. The number of nitrogens with zero attached hydrogens (tertiary/aromatic N) is 2. The van der Waals surface area contributed by atoms with Crippen molar-refractivity contribution in [2.45, 2.75) is 59.2 Å². The predicted molar refractivity (Wildman–Crippen MR) is 130 cm³/mol. The highest BCUT2D eigenvalue weighted by Gasteiger charge is 2.46. The number of nitrogens with one attached hydrogen (secondary N) is 1. The summed E-state index contributed by atoms with van der Waals surface area (Å²) >= 11 is 0. The molecule has 2 heterocycles. The van der Waals surface area contributed by atoms with E-state index in [-0.39, 0.29) is 11.9 Å². The van der Waals surface area contributed by atoms with Gasteiger partial charge in [0.15, 0.2) is 5.78 Å². The van der Waals surface area contributed by atoms with E-state index in [9.17, 15) is 9.59 Å². The zero-order valence-electron chi connectivity index (χ0n) is 20.1. The zero-order valence-corrected chi connectivity index (χ0v) is 20.1. The Morgan fingerprint density at radius 3 is 2.41 bits per heavy atom. The Morgan fingerprint density at radius 2 is 1.82 bits per heavy atom. The average molecular weight is 460 g/mol. The van der Waals surface area contributed by atoms with Crippen LogP contribution in [0.1, 0.15) is 61.0 Å². The van der Waals surface area contributed by atoms with Crippen molar-refractivity contribution >= 4 is 23.3 Å². The number of carbonyl (C=O) groups excluding carboxylic acids is 2. The van der Waals surface area contributed by atoms with E-state index < -0.39 is 11.7 Å². The molecule has 1 amide bonds. The standard InChI is InChI=1S/C27H29N3O4/c1-15-22(16(2)34-29-15)19-13-20(24(31)17-9-7-6-8-10-17)23-21(14-19)30(25(28-23)18-11-12-18)26(32)33-27(3,4)5/h6-10,13-14,18,25,28H,11-12H2,1-5H3. The molecule has 1 fully saturated rings. The van der Waals surface area contributed by atoms with E-state index >= 15 is 0 Å². The lowest BCUT2D eigenvalue weighted by Crippen LogP contribution is -2.44. The van der Waals surface area contributed by atoms with Crippen LogP contribution in [0.4, 0.5) is 16.2 Å². The number of carbonyl (C=O) groups is 2. The fraction of sp³-hybridized carbons (Fsp3) is 0.370. The molecule has 1 unspecified atom stereocenters. The first kappa shape index (κ1) is 22.2. The number of hydrogen-bond donors (Lipinski definition) is 1. The fourth-order valence-corrected chi connectivity index (χ4v) is 4.56. The van der Waals surface area contributed by atoms with Crippen LogP contribution in [-0.4, -0.2) is 28.8 Å². The van der Waals surface area contributed by atoms with Crippen molar-refractivity contribution in [1.29, 1.82) is 0 Å². The van der Waals surface area contributed by atoms with Gasteiger partial charge in [0.2, 0.25) is 0 Å². The van der Waals surface area contributed by atoms with Crippen LogP contribution in [0.5, 0.6) is 0 Å². The van der Waals surface area contributed by atoms with Crippen molar-refractivity contribution in [2.75, 3.05) is 10.2 Å². The molecule has 5 rings (SSSR count). The van der Waals surface area contributed by atoms with Gasteiger partial charge in [-0.1, -0.05) is 35.5 Å². The highest BCUT2D eigenvalue weighted by molar-refractivity contribution is 6.16. The minimum absolute atomic E-state index is 0.112. The predicted octanol–water partition coefficient (Wildman–Crippen LogP) is 6.09. The number of anilines is 2. The van der Waals surface area contributed by atoms with Crippen LogP contribution in [0.3, 0.4) is 0 Å². The molecule has 1 atom stereocenters. The number of aromatic nitrogens is 1. The van der Waals surface area contributed by atoms with E-state index in [2.05, 4.69) is 10.5 Å². The number of amides is 1. The van der Waals surface area contributed by atoms with Gasteiger partial charge in [-0.25, -0.2) is 4.79 Å². The Bertz CT molecular complexity index is 1250. The Labute approximate surface area is 199 Å². The number of rotatable bonds is 4. The number of hydrogen-bond acceptors (Lipinski definition) is 6. The molecule has 0 bridgehead atoms. The highest BCUT2D eigenvalue weighted by Crippen LogP contribution is 2.48. The van der Waals surface area contributed by atoms with Crippen molar-refractivity contribution in [3.05, 3.63) is 65.0 Å². The maximum atomic E-state index is 13.7. The monoisotopic (exact) mass is 459 g/mol. The molecular weight excluding hydrogens is 430 g/mol. The lowest BCUT2D eigenvalue weighted by Gasteiger charge is -2.28. The van der Waals surface area contributed by atoms with Gasteiger partial charge in [-0.15, -0.1) is 0 Å². The first-order valence-corrected chi connectivity index (χ1v) is 11.6. The molecule has 1 aliphatic carbocycles. The second-order valence-electron chi connectivity index (χ2n) is 10.1. The fourth-order valence-electron chi connectivity index (χ4n) is 4.56. The maximum Gasteiger partial charge on any atom is 0.416 e. The molecule has 176 valence electrons. The Kier molecular flexibility index (Phi) is 5.23. The SMILES string of the molecule is Cc1noc(C)c1-c1cc(C(=O)c2ccccc2)c2c(c1)N(C(=O)OC(C)(C)C)C(C1CC1)N2. The minimum atomic E-state index is -0.643. The maximum absolute atomic E-state index is 13.7. The van der Waals surface area contributed by atoms with Gasteiger partial charge in [0.05, 0.1) is 17.1 Å². The van der Waals surface area contributed by atoms with E-state index in [1.54, 1.807) is 17.0 Å². The van der Waals surface area contributed by atoms with Crippen molar-refractivity contribution in [2.24, 2.45) is 5.92 Å². The Morgan fingerprint density at radius 1 is 1.12 bits per heavy atom. The third-order valence-corrected chi connectivity index (χ3v) is 6.21. The Balaban J connectivity index is 1.70. The molecule has 34 heavy (non-hydrogen) atoms. The summed E-state index contributed by atoms with van der Waals surface area (Å²) < 4.78 is 11.2. The molecule has 7 heteroatoms. The van der Waals surface area contributed by atoms with Gasteiger partial charge >= 0.3 is 6.09 Å². The van der Waals surface area contributed by atoms with Crippen LogP contribution in [0.25, 0.3) is 11.1 Å². The summed E-state index contributed by atoms with van der Waals surface area (Å²) in [6.45, 7) is 9.27. The summed E-state index contributed by atoms with van der Waals surface area (Å²) in [6, 6.07) is 13.0. The smallest absolute Gasteiger partial charge is 0.416 e. The highest BCUT2D eigenvalue weighted by atomic mass is 16.6. The van der Waals surface area contributed by atoms with Crippen LogP contribution in [0.15, 0.2) is 47.0 Å². The molecular formula is C27H29N3O4. The normalized spacial score (nSPS) is 17.3. The molecule has 1 saturated carbocycles. The molecule has 2 aromatic carbocycles. The molecule has 1 aromatic heterocycles. The van der Waals surface area contributed by atoms with Crippen LogP contribution >= 0.6 is 0 Å². The van der Waals surface area contributed by atoms with Crippen molar-refractivity contribution < 1.29 is 18.8 Å². The minimum Gasteiger partial charge on any atom is -0.443 e. The number of ketones is 1. The van der Waals surface area contributed by atoms with Crippen molar-refractivity contribution in [3.63, 3.8) is 0 Å². The molecule has 7 nitrogen and oxygen atoms in total. The number of aryl methyl sites for hydroxylation is 2. The van der Waals surface area contributed by atoms with E-state index in [4.69, 9.17) is 9.26 Å². The number of fused-ring (bicyclic) bond motifs is 1. The molecule has 0 radical (unpaired) electrons. The van der Waals surface area contributed by atoms with Crippen LogP contribution < -0.4 is 10.2 Å². The third-order valence-electron chi connectivity index (χ3n) is 6.21. The van der Waals surface area contributed by atoms with Gasteiger partial charge in [-0.3, -0.25) is 9.69 Å². The topological polar surface area (TPSA) is 84.7 Å². The van der Waals surface area contributed by atoms with Crippen LogP contribution in [-0.2, 0) is 4.74 Å². The van der Waals surface area contributed by atoms with E-state index in [0.29, 0.717) is 34.2 Å². The summed E-state index contributed by atoms with van der Waals surface area (Å²) in [4.78, 5) is 28.8. The Hall–Kier alpha value is -3.61. The first-order valence-electron chi connectivity index (χ1n) is 11.6. The second-order valence-corrected chi connectivity index (χ2v) is 10.1. The lowest BCUT2D eigenvalue weighted by molar-refractivity contribution is 0.0569. The van der Waals surface area contributed by atoms with E-state index in [0.717, 1.165) is 29.7 Å². The molecule has 1 aliphatic heterocycles. The summed E-state index contributed by atoms with van der Waals surface area (Å²) in [7, 11) is 0. The van der Waals surface area contributed by atoms with Gasteiger partial charge in [0.25, 0.3) is 0 Å². The summed E-state index contributed by atoms with van der Waals surface area (Å²) in [5.41, 5.74) is 4.08. The van der Waals surface area contributed by atoms with Gasteiger partial charge < -0.3 is 14.6 Å². The quantitative estimate of drug-likeness (QED) is 0.475. The lowest BCUT2D eigenvalue weighted by atomic mass is 9.95. The van der Waals surface area contributed by atoms with Crippen LogP contribution in [0.2, 0.25) is 0 Å². The molecule has 2 aliphatic rings. The van der Waals surface area contributed by atoms with E-state index in [1.807, 2.05) is 65.0 Å².